The lowest BCUT2D eigenvalue weighted by Crippen LogP contribution is -2.40. The van der Waals surface area contributed by atoms with Gasteiger partial charge in [0.05, 0.1) is 12.1 Å². The Morgan fingerprint density at radius 2 is 2.08 bits per heavy atom. The Hall–Kier alpha value is -2.01. The summed E-state index contributed by atoms with van der Waals surface area (Å²) in [5.41, 5.74) is 2.64. The van der Waals surface area contributed by atoms with Crippen LogP contribution < -0.4 is 5.32 Å². The number of anilines is 1. The minimum absolute atomic E-state index is 0.286. The van der Waals surface area contributed by atoms with Crippen LogP contribution >= 0.6 is 11.6 Å². The van der Waals surface area contributed by atoms with Gasteiger partial charge in [0, 0.05) is 29.6 Å². The maximum absolute atomic E-state index is 12.4. The number of benzene rings is 1. The molecule has 0 fully saturated rings. The van der Waals surface area contributed by atoms with Gasteiger partial charge in [-0.2, -0.15) is 0 Å². The minimum Gasteiger partial charge on any atom is -0.444 e. The number of aromatic nitrogens is 1. The number of ether oxygens (including phenoxy) is 1. The average Bonchev–Trinajstić information content (AvgIpc) is 2.51. The Bertz CT molecular complexity index is 799. The lowest BCUT2D eigenvalue weighted by Gasteiger charge is -2.32. The molecule has 1 N–H and O–H groups in total. The smallest absolute Gasteiger partial charge is 0.410 e. The van der Waals surface area contributed by atoms with Gasteiger partial charge in [-0.05, 0) is 44.9 Å². The third-order valence-electron chi connectivity index (χ3n) is 4.04. The van der Waals surface area contributed by atoms with Gasteiger partial charge in [0.25, 0.3) is 0 Å². The molecule has 128 valence electrons. The molecule has 0 saturated carbocycles. The highest BCUT2D eigenvalue weighted by Crippen LogP contribution is 2.32. The Kier molecular flexibility index (Phi) is 4.30. The first-order chi connectivity index (χ1) is 11.3. The normalized spacial score (nSPS) is 14.5. The second-order valence-electron chi connectivity index (χ2n) is 6.98. The van der Waals surface area contributed by atoms with Gasteiger partial charge >= 0.3 is 6.09 Å². The zero-order chi connectivity index (χ0) is 17.5. The van der Waals surface area contributed by atoms with Crippen molar-refractivity contribution in [2.45, 2.75) is 39.3 Å². The van der Waals surface area contributed by atoms with E-state index in [1.165, 1.54) is 5.56 Å². The summed E-state index contributed by atoms with van der Waals surface area (Å²) in [5.74, 6) is 0.785. The van der Waals surface area contributed by atoms with Crippen LogP contribution in [-0.2, 0) is 17.7 Å². The molecule has 0 saturated heterocycles. The summed E-state index contributed by atoms with van der Waals surface area (Å²) in [7, 11) is 1.84. The summed E-state index contributed by atoms with van der Waals surface area (Å²) in [4.78, 5) is 18.8. The SMILES string of the molecule is CNc1nc2cc(Cl)ccc2c2c1CN(C(=O)OC(C)(C)C)CC2. The lowest BCUT2D eigenvalue weighted by molar-refractivity contribution is 0.0225. The molecule has 0 unspecified atom stereocenters. The minimum atomic E-state index is -0.498. The van der Waals surface area contributed by atoms with E-state index in [1.807, 2.05) is 46.0 Å². The number of hydrogen-bond donors (Lipinski definition) is 1. The first-order valence-corrected chi connectivity index (χ1v) is 8.43. The Balaban J connectivity index is 1.99. The van der Waals surface area contributed by atoms with E-state index in [0.717, 1.165) is 28.7 Å². The maximum Gasteiger partial charge on any atom is 0.410 e. The van der Waals surface area contributed by atoms with Gasteiger partial charge in [0.2, 0.25) is 0 Å². The topological polar surface area (TPSA) is 54.5 Å². The summed E-state index contributed by atoms with van der Waals surface area (Å²) < 4.78 is 5.50. The van der Waals surface area contributed by atoms with Crippen LogP contribution in [0.25, 0.3) is 10.9 Å². The Morgan fingerprint density at radius 3 is 2.75 bits per heavy atom. The predicted molar refractivity (Wildman–Crippen MR) is 96.6 cm³/mol. The molecule has 6 heteroatoms. The number of pyridine rings is 1. The highest BCUT2D eigenvalue weighted by molar-refractivity contribution is 6.31. The van der Waals surface area contributed by atoms with Crippen LogP contribution in [0.3, 0.4) is 0 Å². The molecule has 0 aliphatic carbocycles. The van der Waals surface area contributed by atoms with Crippen molar-refractivity contribution in [2.75, 3.05) is 18.9 Å². The third-order valence-corrected chi connectivity index (χ3v) is 4.27. The monoisotopic (exact) mass is 347 g/mol. The number of nitrogens with one attached hydrogen (secondary N) is 1. The highest BCUT2D eigenvalue weighted by Gasteiger charge is 2.28. The van der Waals surface area contributed by atoms with Crippen molar-refractivity contribution in [1.82, 2.24) is 9.88 Å². The van der Waals surface area contributed by atoms with E-state index in [-0.39, 0.29) is 6.09 Å². The number of fused-ring (bicyclic) bond motifs is 3. The van der Waals surface area contributed by atoms with Crippen LogP contribution in [0, 0.1) is 0 Å². The number of carbonyl (C=O) groups excluding carboxylic acids is 1. The summed E-state index contributed by atoms with van der Waals surface area (Å²) in [5, 5.41) is 4.91. The summed E-state index contributed by atoms with van der Waals surface area (Å²) in [6, 6.07) is 5.76. The predicted octanol–water partition coefficient (Wildman–Crippen LogP) is 4.22. The summed E-state index contributed by atoms with van der Waals surface area (Å²) in [6.07, 6.45) is 0.482. The molecular formula is C18H22ClN3O2. The number of hydrogen-bond acceptors (Lipinski definition) is 4. The van der Waals surface area contributed by atoms with E-state index in [0.29, 0.717) is 18.1 Å². The zero-order valence-electron chi connectivity index (χ0n) is 14.4. The van der Waals surface area contributed by atoms with Gasteiger partial charge in [-0.15, -0.1) is 0 Å². The largest absolute Gasteiger partial charge is 0.444 e. The highest BCUT2D eigenvalue weighted by atomic mass is 35.5. The molecule has 3 rings (SSSR count). The maximum atomic E-state index is 12.4. The number of halogens is 1. The fourth-order valence-corrected chi connectivity index (χ4v) is 3.17. The quantitative estimate of drug-likeness (QED) is 0.839. The fourth-order valence-electron chi connectivity index (χ4n) is 3.01. The van der Waals surface area contributed by atoms with Crippen molar-refractivity contribution in [3.63, 3.8) is 0 Å². The molecule has 0 bridgehead atoms. The van der Waals surface area contributed by atoms with E-state index in [4.69, 9.17) is 16.3 Å². The van der Waals surface area contributed by atoms with Crippen molar-refractivity contribution in [3.8, 4) is 0 Å². The molecule has 1 aliphatic rings. The van der Waals surface area contributed by atoms with Gasteiger partial charge in [0.15, 0.2) is 0 Å². The molecule has 2 aromatic rings. The average molecular weight is 348 g/mol. The molecule has 0 spiro atoms. The third kappa shape index (κ3) is 3.26. The molecule has 24 heavy (non-hydrogen) atoms. The van der Waals surface area contributed by atoms with Gasteiger partial charge in [0.1, 0.15) is 11.4 Å². The summed E-state index contributed by atoms with van der Waals surface area (Å²) in [6.45, 7) is 6.75. The molecule has 1 aromatic carbocycles. The van der Waals surface area contributed by atoms with E-state index in [2.05, 4.69) is 10.3 Å². The first-order valence-electron chi connectivity index (χ1n) is 8.05. The standard InChI is InChI=1S/C18H22ClN3O2/c1-18(2,3)24-17(23)22-8-7-12-13-6-5-11(19)9-15(13)21-16(20-4)14(12)10-22/h5-6,9H,7-8,10H2,1-4H3,(H,20,21). The Morgan fingerprint density at radius 1 is 1.33 bits per heavy atom. The lowest BCUT2D eigenvalue weighted by atomic mass is 9.96. The molecule has 0 radical (unpaired) electrons. The molecule has 0 atom stereocenters. The molecule has 2 heterocycles. The van der Waals surface area contributed by atoms with Gasteiger partial charge in [-0.1, -0.05) is 17.7 Å². The van der Waals surface area contributed by atoms with Crippen LogP contribution in [0.5, 0.6) is 0 Å². The van der Waals surface area contributed by atoms with Crippen molar-refractivity contribution in [1.29, 1.82) is 0 Å². The van der Waals surface area contributed by atoms with Gasteiger partial charge in [-0.25, -0.2) is 9.78 Å². The molecule has 1 aromatic heterocycles. The van der Waals surface area contributed by atoms with E-state index in [1.54, 1.807) is 4.90 Å². The zero-order valence-corrected chi connectivity index (χ0v) is 15.2. The van der Waals surface area contributed by atoms with Crippen molar-refractivity contribution >= 4 is 34.4 Å². The van der Waals surface area contributed by atoms with E-state index >= 15 is 0 Å². The number of rotatable bonds is 1. The van der Waals surface area contributed by atoms with Crippen LogP contribution in [-0.4, -0.2) is 35.2 Å². The Labute approximate surface area is 146 Å². The first kappa shape index (κ1) is 16.8. The van der Waals surface area contributed by atoms with Crippen LogP contribution in [0.2, 0.25) is 5.02 Å². The number of carbonyl (C=O) groups is 1. The fraction of sp³-hybridized carbons (Fsp3) is 0.444. The van der Waals surface area contributed by atoms with Crippen molar-refractivity contribution in [2.24, 2.45) is 0 Å². The summed E-state index contributed by atoms with van der Waals surface area (Å²) >= 11 is 6.09. The molecule has 1 amide bonds. The van der Waals surface area contributed by atoms with Crippen molar-refractivity contribution in [3.05, 3.63) is 34.3 Å². The molecule has 1 aliphatic heterocycles. The van der Waals surface area contributed by atoms with E-state index in [9.17, 15) is 4.79 Å². The van der Waals surface area contributed by atoms with Crippen LogP contribution in [0.15, 0.2) is 18.2 Å². The van der Waals surface area contributed by atoms with Crippen molar-refractivity contribution < 1.29 is 9.53 Å². The second kappa shape index (κ2) is 6.13. The van der Waals surface area contributed by atoms with Crippen LogP contribution in [0.4, 0.5) is 10.6 Å². The molecular weight excluding hydrogens is 326 g/mol. The molecule has 5 nitrogen and oxygen atoms in total. The van der Waals surface area contributed by atoms with Gasteiger partial charge in [-0.3, -0.25) is 0 Å². The second-order valence-corrected chi connectivity index (χ2v) is 7.42. The number of amides is 1. The van der Waals surface area contributed by atoms with E-state index < -0.39 is 5.60 Å². The van der Waals surface area contributed by atoms with Gasteiger partial charge < -0.3 is 15.0 Å². The van der Waals surface area contributed by atoms with Crippen LogP contribution in [0.1, 0.15) is 31.9 Å². The number of nitrogens with zero attached hydrogens (tertiary/aromatic N) is 2.